The fourth-order valence-electron chi connectivity index (χ4n) is 4.23. The van der Waals surface area contributed by atoms with E-state index in [4.69, 9.17) is 30.1 Å². The number of halogens is 3. The van der Waals surface area contributed by atoms with Gasteiger partial charge in [0.1, 0.15) is 11.5 Å². The van der Waals surface area contributed by atoms with Crippen LogP contribution in [0.15, 0.2) is 97.1 Å². The number of guanidine groups is 1. The molecule has 1 fully saturated rings. The zero-order valence-corrected chi connectivity index (χ0v) is 24.3. The molecule has 234 valence electrons. The molecule has 0 aliphatic carbocycles. The molecule has 3 aromatic carbocycles. The molecule has 3 aromatic rings. The number of piperidine rings is 1. The second kappa shape index (κ2) is 15.6. The van der Waals surface area contributed by atoms with Crippen LogP contribution in [-0.2, 0) is 14.2 Å². The van der Waals surface area contributed by atoms with E-state index in [2.05, 4.69) is 5.32 Å². The van der Waals surface area contributed by atoms with E-state index in [-0.39, 0.29) is 11.9 Å². The van der Waals surface area contributed by atoms with Crippen molar-refractivity contribution in [3.8, 4) is 11.5 Å². The molecule has 1 aliphatic heterocycles. The number of amides is 1. The number of hydrogen-bond acceptors (Lipinski definition) is 6. The van der Waals surface area contributed by atoms with Crippen LogP contribution in [-0.4, -0.2) is 52.9 Å². The first-order valence-corrected chi connectivity index (χ1v) is 15.0. The Morgan fingerprint density at radius 1 is 0.932 bits per heavy atom. The van der Waals surface area contributed by atoms with Crippen LogP contribution in [0, 0.1) is 11.3 Å². The van der Waals surface area contributed by atoms with Crippen molar-refractivity contribution in [1.29, 1.82) is 5.41 Å². The van der Waals surface area contributed by atoms with Gasteiger partial charge >= 0.3 is 19.7 Å². The fourth-order valence-corrected chi connectivity index (χ4v) is 6.43. The normalized spacial score (nSPS) is 14.6. The number of carboxylic acids is 1. The van der Waals surface area contributed by atoms with Crippen LogP contribution in [0.5, 0.6) is 11.5 Å². The number of likely N-dealkylation sites (tertiary alicyclic amines) is 1. The Bertz CT molecular complexity index is 1410. The van der Waals surface area contributed by atoms with Gasteiger partial charge in [0.05, 0.1) is 0 Å². The predicted molar refractivity (Wildman–Crippen MR) is 159 cm³/mol. The van der Waals surface area contributed by atoms with Crippen molar-refractivity contribution in [3.05, 3.63) is 103 Å². The van der Waals surface area contributed by atoms with Gasteiger partial charge in [0.2, 0.25) is 5.91 Å². The molecule has 0 radical (unpaired) electrons. The highest BCUT2D eigenvalue weighted by molar-refractivity contribution is 7.55. The topological polar surface area (TPSA) is 155 Å². The Morgan fingerprint density at radius 3 is 1.77 bits per heavy atom. The first kappa shape index (κ1) is 33.7. The molecule has 1 amide bonds. The zero-order chi connectivity index (χ0) is 32.2. The molecule has 1 saturated heterocycles. The van der Waals surface area contributed by atoms with Crippen molar-refractivity contribution in [1.82, 2.24) is 10.2 Å². The summed E-state index contributed by atoms with van der Waals surface area (Å²) in [7, 11) is -4.00. The monoisotopic (exact) mass is 632 g/mol. The maximum Gasteiger partial charge on any atom is 0.490 e. The molecule has 0 spiro atoms. The summed E-state index contributed by atoms with van der Waals surface area (Å²) in [4.78, 5) is 23.8. The number of aliphatic carboxylic acids is 1. The highest BCUT2D eigenvalue weighted by atomic mass is 31.2. The lowest BCUT2D eigenvalue weighted by atomic mass is 9.96. The Labute approximate surface area is 252 Å². The number of benzene rings is 3. The number of carbonyl (C=O) groups excluding carboxylic acids is 1. The minimum absolute atomic E-state index is 0.00548. The molecule has 1 heterocycles. The van der Waals surface area contributed by atoms with Gasteiger partial charge in [-0.1, -0.05) is 66.7 Å². The van der Waals surface area contributed by atoms with Crippen LogP contribution in [0.3, 0.4) is 0 Å². The summed E-state index contributed by atoms with van der Waals surface area (Å²) in [6.45, 7) is 1.01. The number of carbonyl (C=O) groups is 2. The maximum absolute atomic E-state index is 14.6. The molecule has 0 aromatic heterocycles. The number of nitrogens with zero attached hydrogens (tertiary/aromatic N) is 1. The lowest BCUT2D eigenvalue weighted by molar-refractivity contribution is -0.192. The summed E-state index contributed by atoms with van der Waals surface area (Å²) < 4.78 is 58.5. The van der Waals surface area contributed by atoms with E-state index >= 15 is 0 Å². The van der Waals surface area contributed by atoms with Crippen molar-refractivity contribution >= 4 is 31.5 Å². The van der Waals surface area contributed by atoms with Gasteiger partial charge in [-0.15, -0.1) is 0 Å². The lowest BCUT2D eigenvalue weighted by Gasteiger charge is -2.38. The maximum atomic E-state index is 14.6. The summed E-state index contributed by atoms with van der Waals surface area (Å²) in [5.41, 5.74) is 6.55. The van der Waals surface area contributed by atoms with Crippen LogP contribution in [0.2, 0.25) is 0 Å². The number of carboxylic acid groups (broad SMARTS) is 1. The summed E-state index contributed by atoms with van der Waals surface area (Å²) >= 11 is 0. The Balaban J connectivity index is 0.000000676. The van der Waals surface area contributed by atoms with Crippen LogP contribution in [0.1, 0.15) is 18.4 Å². The summed E-state index contributed by atoms with van der Waals surface area (Å²) in [5.74, 6) is -3.58. The number of para-hydroxylation sites is 2. The highest BCUT2D eigenvalue weighted by Crippen LogP contribution is 2.55. The molecular weight excluding hydrogens is 600 g/mol. The third-order valence-corrected chi connectivity index (χ3v) is 8.54. The largest absolute Gasteiger partial charge is 0.490 e. The second-order valence-electron chi connectivity index (χ2n) is 9.56. The molecule has 1 atom stereocenters. The third kappa shape index (κ3) is 10.5. The molecular formula is C30H32F3N4O6P. The van der Waals surface area contributed by atoms with E-state index in [9.17, 15) is 22.5 Å². The molecule has 1 unspecified atom stereocenters. The molecule has 1 aliphatic rings. The smallest absolute Gasteiger partial charge is 0.475 e. The van der Waals surface area contributed by atoms with Gasteiger partial charge in [-0.25, -0.2) is 9.36 Å². The third-order valence-electron chi connectivity index (χ3n) is 6.38. The lowest BCUT2D eigenvalue weighted by Crippen LogP contribution is -2.48. The Morgan fingerprint density at radius 2 is 1.36 bits per heavy atom. The van der Waals surface area contributed by atoms with E-state index in [0.717, 1.165) is 5.56 Å². The minimum atomic E-state index is -5.08. The van der Waals surface area contributed by atoms with Crippen molar-refractivity contribution in [3.63, 3.8) is 0 Å². The number of nitrogens with one attached hydrogen (secondary N) is 2. The Kier molecular flexibility index (Phi) is 12.0. The predicted octanol–water partition coefficient (Wildman–Crippen LogP) is 5.73. The van der Waals surface area contributed by atoms with Gasteiger partial charge in [0, 0.05) is 19.2 Å². The molecule has 0 bridgehead atoms. The van der Waals surface area contributed by atoms with Crippen LogP contribution in [0.4, 0.5) is 13.2 Å². The van der Waals surface area contributed by atoms with Crippen LogP contribution < -0.4 is 20.1 Å². The molecule has 14 heteroatoms. The summed E-state index contributed by atoms with van der Waals surface area (Å²) in [6.07, 6.45) is -0.866. The average Bonchev–Trinajstić information content (AvgIpc) is 3.00. The van der Waals surface area contributed by atoms with Gasteiger partial charge in [0.25, 0.3) is 0 Å². The van der Waals surface area contributed by atoms with Crippen molar-refractivity contribution in [2.45, 2.75) is 24.8 Å². The molecule has 4 rings (SSSR count). The number of rotatable bonds is 9. The van der Waals surface area contributed by atoms with Gasteiger partial charge in [0.15, 0.2) is 11.7 Å². The van der Waals surface area contributed by atoms with Crippen molar-refractivity contribution in [2.75, 3.05) is 13.1 Å². The van der Waals surface area contributed by atoms with Crippen LogP contribution in [0.25, 0.3) is 6.08 Å². The number of alkyl halides is 3. The second-order valence-corrected chi connectivity index (χ2v) is 11.6. The standard InChI is InChI=1S/C28H31N4O4P.C2HF3O2/c29-28(30)32-20-18-23(19-21-32)27(31-26(33)17-16-22-10-4-1-5-11-22)37(34,35-24-12-6-2-7-13-24)36-25-14-8-3-9-15-25;3-2(4,5)1(6)7/h1-17,23,27H,18-21H2,(H3,29,30)(H,31,33);(H,6,7)/b17-16-;. The Hall–Kier alpha value is -4.77. The van der Waals surface area contributed by atoms with Gasteiger partial charge in [-0.2, -0.15) is 13.2 Å². The van der Waals surface area contributed by atoms with Crippen LogP contribution >= 0.6 is 7.60 Å². The van der Waals surface area contributed by atoms with Gasteiger partial charge < -0.3 is 30.1 Å². The zero-order valence-electron chi connectivity index (χ0n) is 23.4. The number of nitrogens with two attached hydrogens (primary N) is 1. The highest BCUT2D eigenvalue weighted by Gasteiger charge is 2.46. The first-order valence-electron chi connectivity index (χ1n) is 13.4. The molecule has 10 nitrogen and oxygen atoms in total. The molecule has 0 saturated carbocycles. The SMILES string of the molecule is N=C(N)N1CCC(C(NC(=O)/C=C\c2ccccc2)P(=O)(Oc2ccccc2)Oc2ccccc2)CC1.O=C(O)C(F)(F)F. The summed E-state index contributed by atoms with van der Waals surface area (Å²) in [5, 5.41) is 17.8. The number of hydrogen-bond donors (Lipinski definition) is 4. The van der Waals surface area contributed by atoms with E-state index in [1.54, 1.807) is 59.5 Å². The summed E-state index contributed by atoms with van der Waals surface area (Å²) in [6, 6.07) is 27.1. The molecule has 5 N–H and O–H groups in total. The molecule has 44 heavy (non-hydrogen) atoms. The van der Waals surface area contributed by atoms with Crippen molar-refractivity contribution < 1.29 is 41.5 Å². The van der Waals surface area contributed by atoms with E-state index in [1.807, 2.05) is 42.5 Å². The first-order chi connectivity index (χ1) is 20.9. The quantitative estimate of drug-likeness (QED) is 0.101. The van der Waals surface area contributed by atoms with E-state index in [1.165, 1.54) is 6.08 Å². The average molecular weight is 633 g/mol. The van der Waals surface area contributed by atoms with Gasteiger partial charge in [-0.05, 0) is 54.7 Å². The van der Waals surface area contributed by atoms with Crippen molar-refractivity contribution in [2.24, 2.45) is 11.7 Å². The van der Waals surface area contributed by atoms with E-state index < -0.39 is 31.4 Å². The van der Waals surface area contributed by atoms with Gasteiger partial charge in [-0.3, -0.25) is 10.2 Å². The fraction of sp³-hybridized carbons (Fsp3) is 0.233. The van der Waals surface area contributed by atoms with E-state index in [0.29, 0.717) is 37.4 Å². The minimum Gasteiger partial charge on any atom is -0.475 e.